The fraction of sp³-hybridized carbons (Fsp3) is 0.450. The highest BCUT2D eigenvalue weighted by Crippen LogP contribution is 2.15. The minimum Gasteiger partial charge on any atom is -0.349 e. The van der Waals surface area contributed by atoms with Gasteiger partial charge in [0.05, 0.1) is 11.3 Å². The Hall–Kier alpha value is -2.63. The van der Waals surface area contributed by atoms with Gasteiger partial charge in [0.2, 0.25) is 0 Å². The first-order chi connectivity index (χ1) is 12.5. The van der Waals surface area contributed by atoms with Crippen LogP contribution in [0.1, 0.15) is 49.9 Å². The minimum atomic E-state index is -0.778. The third-order valence-electron chi connectivity index (χ3n) is 4.13. The smallest absolute Gasteiger partial charge is 0.313 e. The van der Waals surface area contributed by atoms with Gasteiger partial charge in [-0.2, -0.15) is 0 Å². The fourth-order valence-corrected chi connectivity index (χ4v) is 2.49. The average molecular weight is 359 g/mol. The van der Waals surface area contributed by atoms with Crippen LogP contribution in [0.3, 0.4) is 0 Å². The molecule has 6 heteroatoms. The van der Waals surface area contributed by atoms with Crippen LogP contribution in [0.15, 0.2) is 36.9 Å². The second kappa shape index (κ2) is 11.8. The Labute approximate surface area is 155 Å². The van der Waals surface area contributed by atoms with Crippen LogP contribution in [0.2, 0.25) is 0 Å². The molecule has 0 aliphatic rings. The summed E-state index contributed by atoms with van der Waals surface area (Å²) in [5.74, 6) is -1.45. The molecule has 0 aliphatic heterocycles. The van der Waals surface area contributed by atoms with Gasteiger partial charge in [-0.3, -0.25) is 14.4 Å². The molecule has 6 nitrogen and oxygen atoms in total. The standard InChI is InChI=1S/C20H29N3O3/c1-4-7-10-15(6-3)14-22-19(25)20(26)23-17-12-9-8-11-16(17)18(24)21-13-5-2/h5,8-9,11-12,15H,2,4,6-7,10,13-14H2,1,3H3,(H,21,24)(H,22,25)(H,23,26)/t15-/m1/s1. The largest absolute Gasteiger partial charge is 0.349 e. The van der Waals surface area contributed by atoms with Crippen LogP contribution >= 0.6 is 0 Å². The van der Waals surface area contributed by atoms with Crippen molar-refractivity contribution in [2.45, 2.75) is 39.5 Å². The number of carbonyl (C=O) groups excluding carboxylic acids is 3. The highest BCUT2D eigenvalue weighted by Gasteiger charge is 2.18. The SMILES string of the molecule is C=CCNC(=O)c1ccccc1NC(=O)C(=O)NC[C@H](CC)CCCC. The van der Waals surface area contributed by atoms with Crippen molar-refractivity contribution in [3.8, 4) is 0 Å². The molecule has 0 radical (unpaired) electrons. The second-order valence-electron chi connectivity index (χ2n) is 6.12. The predicted molar refractivity (Wildman–Crippen MR) is 104 cm³/mol. The zero-order chi connectivity index (χ0) is 19.4. The summed E-state index contributed by atoms with van der Waals surface area (Å²) in [7, 11) is 0. The molecule has 1 aromatic carbocycles. The topological polar surface area (TPSA) is 87.3 Å². The molecule has 26 heavy (non-hydrogen) atoms. The van der Waals surface area contributed by atoms with Crippen LogP contribution in [-0.2, 0) is 9.59 Å². The van der Waals surface area contributed by atoms with Crippen molar-refractivity contribution in [1.82, 2.24) is 10.6 Å². The van der Waals surface area contributed by atoms with Gasteiger partial charge in [-0.15, -0.1) is 6.58 Å². The number of rotatable bonds is 10. The van der Waals surface area contributed by atoms with E-state index in [4.69, 9.17) is 0 Å². The Morgan fingerprint density at radius 2 is 1.85 bits per heavy atom. The molecule has 0 aromatic heterocycles. The highest BCUT2D eigenvalue weighted by molar-refractivity contribution is 6.40. The number of amides is 3. The first-order valence-corrected chi connectivity index (χ1v) is 9.10. The Balaban J connectivity index is 2.65. The molecule has 0 heterocycles. The van der Waals surface area contributed by atoms with Gasteiger partial charge >= 0.3 is 11.8 Å². The van der Waals surface area contributed by atoms with E-state index in [0.717, 1.165) is 25.7 Å². The molecule has 0 unspecified atom stereocenters. The lowest BCUT2D eigenvalue weighted by atomic mass is 9.99. The van der Waals surface area contributed by atoms with Gasteiger partial charge in [-0.05, 0) is 24.5 Å². The van der Waals surface area contributed by atoms with E-state index in [1.54, 1.807) is 30.3 Å². The van der Waals surface area contributed by atoms with E-state index in [1.165, 1.54) is 0 Å². The van der Waals surface area contributed by atoms with E-state index in [1.807, 2.05) is 0 Å². The first kappa shape index (κ1) is 21.4. The summed E-state index contributed by atoms with van der Waals surface area (Å²) < 4.78 is 0. The predicted octanol–water partition coefficient (Wildman–Crippen LogP) is 2.87. The second-order valence-corrected chi connectivity index (χ2v) is 6.12. The van der Waals surface area contributed by atoms with Crippen molar-refractivity contribution in [2.75, 3.05) is 18.4 Å². The van der Waals surface area contributed by atoms with Crippen LogP contribution in [0.5, 0.6) is 0 Å². The number of hydrogen-bond donors (Lipinski definition) is 3. The molecule has 3 amide bonds. The van der Waals surface area contributed by atoms with Crippen LogP contribution in [0.4, 0.5) is 5.69 Å². The van der Waals surface area contributed by atoms with Crippen molar-refractivity contribution in [2.24, 2.45) is 5.92 Å². The summed E-state index contributed by atoms with van der Waals surface area (Å²) in [6.45, 7) is 8.54. The van der Waals surface area contributed by atoms with Crippen LogP contribution < -0.4 is 16.0 Å². The van der Waals surface area contributed by atoms with Gasteiger partial charge in [-0.1, -0.05) is 51.3 Å². The summed E-state index contributed by atoms with van der Waals surface area (Å²) in [6.07, 6.45) is 5.76. The Kier molecular flexibility index (Phi) is 9.75. The van der Waals surface area contributed by atoms with Crippen molar-refractivity contribution >= 4 is 23.4 Å². The maximum Gasteiger partial charge on any atom is 0.313 e. The first-order valence-electron chi connectivity index (χ1n) is 9.10. The summed E-state index contributed by atoms with van der Waals surface area (Å²) in [5, 5.41) is 7.85. The molecule has 3 N–H and O–H groups in total. The summed E-state index contributed by atoms with van der Waals surface area (Å²) in [6, 6.07) is 6.56. The van der Waals surface area contributed by atoms with Crippen LogP contribution in [0.25, 0.3) is 0 Å². The molecule has 1 rings (SSSR count). The average Bonchev–Trinajstić information content (AvgIpc) is 2.66. The monoisotopic (exact) mass is 359 g/mol. The maximum absolute atomic E-state index is 12.1. The van der Waals surface area contributed by atoms with Gasteiger partial charge in [0, 0.05) is 13.1 Å². The van der Waals surface area contributed by atoms with E-state index >= 15 is 0 Å². The van der Waals surface area contributed by atoms with Crippen LogP contribution in [-0.4, -0.2) is 30.8 Å². The molecule has 0 spiro atoms. The highest BCUT2D eigenvalue weighted by atomic mass is 16.2. The van der Waals surface area contributed by atoms with E-state index in [2.05, 4.69) is 36.4 Å². The Morgan fingerprint density at radius 1 is 1.12 bits per heavy atom. The Bertz CT molecular complexity index is 628. The summed E-state index contributed by atoms with van der Waals surface area (Å²) in [5.41, 5.74) is 0.595. The van der Waals surface area contributed by atoms with Crippen molar-refractivity contribution in [1.29, 1.82) is 0 Å². The molecule has 142 valence electrons. The molecule has 0 saturated heterocycles. The molecular formula is C20H29N3O3. The molecule has 0 aliphatic carbocycles. The minimum absolute atomic E-state index is 0.296. The number of benzene rings is 1. The van der Waals surface area contributed by atoms with E-state index in [9.17, 15) is 14.4 Å². The lowest BCUT2D eigenvalue weighted by Crippen LogP contribution is -2.38. The third kappa shape index (κ3) is 7.09. The lowest BCUT2D eigenvalue weighted by molar-refractivity contribution is -0.136. The van der Waals surface area contributed by atoms with E-state index < -0.39 is 11.8 Å². The summed E-state index contributed by atoms with van der Waals surface area (Å²) >= 11 is 0. The number of unbranched alkanes of at least 4 members (excludes halogenated alkanes) is 1. The number of para-hydroxylation sites is 1. The molecule has 1 aromatic rings. The molecule has 0 bridgehead atoms. The Morgan fingerprint density at radius 3 is 2.50 bits per heavy atom. The number of hydrogen-bond acceptors (Lipinski definition) is 3. The molecule has 0 fully saturated rings. The van der Waals surface area contributed by atoms with Gasteiger partial charge in [0.1, 0.15) is 0 Å². The fourth-order valence-electron chi connectivity index (χ4n) is 2.49. The van der Waals surface area contributed by atoms with Gasteiger partial charge in [0.15, 0.2) is 0 Å². The third-order valence-corrected chi connectivity index (χ3v) is 4.13. The van der Waals surface area contributed by atoms with Crippen molar-refractivity contribution in [3.63, 3.8) is 0 Å². The van der Waals surface area contributed by atoms with E-state index in [0.29, 0.717) is 30.3 Å². The van der Waals surface area contributed by atoms with Crippen LogP contribution in [0, 0.1) is 5.92 Å². The number of nitrogens with one attached hydrogen (secondary N) is 3. The van der Waals surface area contributed by atoms with E-state index in [-0.39, 0.29) is 5.91 Å². The van der Waals surface area contributed by atoms with Gasteiger partial charge in [0.25, 0.3) is 5.91 Å². The van der Waals surface area contributed by atoms with Crippen molar-refractivity contribution < 1.29 is 14.4 Å². The maximum atomic E-state index is 12.1. The summed E-state index contributed by atoms with van der Waals surface area (Å²) in [4.78, 5) is 36.3. The molecular weight excluding hydrogens is 330 g/mol. The lowest BCUT2D eigenvalue weighted by Gasteiger charge is -2.15. The number of anilines is 1. The van der Waals surface area contributed by atoms with Crippen molar-refractivity contribution in [3.05, 3.63) is 42.5 Å². The number of carbonyl (C=O) groups is 3. The zero-order valence-corrected chi connectivity index (χ0v) is 15.6. The van der Waals surface area contributed by atoms with Gasteiger partial charge < -0.3 is 16.0 Å². The molecule has 1 atom stereocenters. The molecule has 0 saturated carbocycles. The normalized spacial score (nSPS) is 11.3. The zero-order valence-electron chi connectivity index (χ0n) is 15.6. The van der Waals surface area contributed by atoms with Gasteiger partial charge in [-0.25, -0.2) is 0 Å². The quantitative estimate of drug-likeness (QED) is 0.443.